The predicted octanol–water partition coefficient (Wildman–Crippen LogP) is 1.97. The Morgan fingerprint density at radius 2 is 2.10 bits per heavy atom. The van der Waals surface area contributed by atoms with Crippen LogP contribution in [-0.2, 0) is 10.0 Å². The van der Waals surface area contributed by atoms with Gasteiger partial charge in [0.1, 0.15) is 4.90 Å². The minimum Gasteiger partial charge on any atom is -0.299 e. The summed E-state index contributed by atoms with van der Waals surface area (Å²) < 4.78 is 27.2. The molecule has 0 bridgehead atoms. The van der Waals surface area contributed by atoms with Gasteiger partial charge in [-0.3, -0.25) is 4.90 Å². The van der Waals surface area contributed by atoms with Crippen LogP contribution in [-0.4, -0.2) is 39.0 Å². The molecule has 1 aliphatic rings. The molecule has 1 saturated heterocycles. The van der Waals surface area contributed by atoms with E-state index < -0.39 is 10.0 Å². The zero-order valence-electron chi connectivity index (χ0n) is 11.8. The Labute approximate surface area is 130 Å². The van der Waals surface area contributed by atoms with Crippen molar-refractivity contribution in [2.75, 3.05) is 19.6 Å². The molecule has 1 N–H and O–H groups in total. The zero-order chi connectivity index (χ0) is 15.5. The first-order valence-electron chi connectivity index (χ1n) is 6.87. The van der Waals surface area contributed by atoms with Crippen LogP contribution >= 0.6 is 11.6 Å². The number of nitrogens with one attached hydrogen (secondary N) is 1. The highest BCUT2D eigenvalue weighted by Crippen LogP contribution is 2.22. The summed E-state index contributed by atoms with van der Waals surface area (Å²) in [6.45, 7) is 4.34. The number of halogens is 1. The molecule has 1 aliphatic heterocycles. The van der Waals surface area contributed by atoms with Gasteiger partial charge in [0.15, 0.2) is 0 Å². The van der Waals surface area contributed by atoms with Gasteiger partial charge in [-0.25, -0.2) is 13.1 Å². The lowest BCUT2D eigenvalue weighted by molar-refractivity contribution is 0.260. The van der Waals surface area contributed by atoms with Crippen molar-refractivity contribution in [3.05, 3.63) is 28.8 Å². The van der Waals surface area contributed by atoms with Crippen molar-refractivity contribution in [1.29, 1.82) is 5.26 Å². The van der Waals surface area contributed by atoms with Crippen LogP contribution in [0.15, 0.2) is 23.1 Å². The van der Waals surface area contributed by atoms with Crippen LogP contribution in [0.2, 0.25) is 5.02 Å². The lowest BCUT2D eigenvalue weighted by atomic mass is 10.2. The maximum Gasteiger partial charge on any atom is 0.242 e. The van der Waals surface area contributed by atoms with Crippen LogP contribution in [0.4, 0.5) is 0 Å². The van der Waals surface area contributed by atoms with E-state index in [4.69, 9.17) is 16.9 Å². The molecule has 5 nitrogen and oxygen atoms in total. The Balaban J connectivity index is 2.09. The second-order valence-corrected chi connectivity index (χ2v) is 7.34. The van der Waals surface area contributed by atoms with Gasteiger partial charge in [0.05, 0.1) is 16.7 Å². The van der Waals surface area contributed by atoms with Crippen LogP contribution in [0, 0.1) is 11.3 Å². The molecule has 1 heterocycles. The monoisotopic (exact) mass is 327 g/mol. The molecule has 1 aromatic rings. The summed E-state index contributed by atoms with van der Waals surface area (Å²) in [6, 6.07) is 6.28. The fraction of sp³-hybridized carbons (Fsp3) is 0.500. The quantitative estimate of drug-likeness (QED) is 0.897. The number of hydrogen-bond donors (Lipinski definition) is 1. The molecule has 1 aromatic carbocycles. The summed E-state index contributed by atoms with van der Waals surface area (Å²) in [5.41, 5.74) is 0.271. The van der Waals surface area contributed by atoms with Crippen molar-refractivity contribution >= 4 is 21.6 Å². The van der Waals surface area contributed by atoms with Gasteiger partial charge in [-0.2, -0.15) is 5.26 Å². The van der Waals surface area contributed by atoms with Gasteiger partial charge >= 0.3 is 0 Å². The third kappa shape index (κ3) is 3.95. The number of nitriles is 1. The second kappa shape index (κ2) is 6.75. The minimum atomic E-state index is -3.71. The molecular weight excluding hydrogens is 310 g/mol. The first-order valence-corrected chi connectivity index (χ1v) is 8.73. The Hall–Kier alpha value is -1.13. The van der Waals surface area contributed by atoms with Crippen molar-refractivity contribution in [1.82, 2.24) is 9.62 Å². The van der Waals surface area contributed by atoms with Crippen molar-refractivity contribution in [2.45, 2.75) is 30.7 Å². The molecule has 0 aromatic heterocycles. The fourth-order valence-electron chi connectivity index (χ4n) is 2.40. The van der Waals surface area contributed by atoms with Crippen LogP contribution in [0.25, 0.3) is 0 Å². The maximum atomic E-state index is 12.3. The lowest BCUT2D eigenvalue weighted by Gasteiger charge is -2.23. The van der Waals surface area contributed by atoms with E-state index in [0.29, 0.717) is 6.54 Å². The first kappa shape index (κ1) is 16.2. The molecule has 0 radical (unpaired) electrons. The van der Waals surface area contributed by atoms with E-state index in [2.05, 4.69) is 9.62 Å². The molecule has 1 atom stereocenters. The van der Waals surface area contributed by atoms with E-state index in [-0.39, 0.29) is 21.5 Å². The van der Waals surface area contributed by atoms with Crippen molar-refractivity contribution in [2.24, 2.45) is 0 Å². The molecule has 0 amide bonds. The van der Waals surface area contributed by atoms with Crippen LogP contribution in [0.3, 0.4) is 0 Å². The van der Waals surface area contributed by atoms with E-state index in [9.17, 15) is 8.42 Å². The molecule has 2 rings (SSSR count). The normalized spacial score (nSPS) is 17.6. The van der Waals surface area contributed by atoms with E-state index in [1.807, 2.05) is 13.0 Å². The Kier molecular flexibility index (Phi) is 5.22. The highest BCUT2D eigenvalue weighted by molar-refractivity contribution is 7.89. The number of nitrogens with zero attached hydrogens (tertiary/aromatic N) is 2. The molecule has 0 aliphatic carbocycles. The van der Waals surface area contributed by atoms with Gasteiger partial charge in [0, 0.05) is 12.6 Å². The van der Waals surface area contributed by atoms with E-state index in [1.54, 1.807) is 0 Å². The smallest absolute Gasteiger partial charge is 0.242 e. The lowest BCUT2D eigenvalue weighted by Crippen LogP contribution is -2.40. The molecule has 0 saturated carbocycles. The topological polar surface area (TPSA) is 73.2 Å². The number of hydrogen-bond acceptors (Lipinski definition) is 4. The maximum absolute atomic E-state index is 12.3. The second-order valence-electron chi connectivity index (χ2n) is 5.20. The molecule has 114 valence electrons. The van der Waals surface area contributed by atoms with E-state index >= 15 is 0 Å². The van der Waals surface area contributed by atoms with Crippen molar-refractivity contribution < 1.29 is 8.42 Å². The molecule has 0 spiro atoms. The molecule has 1 unspecified atom stereocenters. The third-order valence-corrected chi connectivity index (χ3v) is 5.59. The minimum absolute atomic E-state index is 0.0446. The molecule has 7 heteroatoms. The van der Waals surface area contributed by atoms with Crippen molar-refractivity contribution in [3.63, 3.8) is 0 Å². The Morgan fingerprint density at radius 3 is 2.71 bits per heavy atom. The standard InChI is InChI=1S/C14H18ClN3O2S/c1-11(18-6-2-3-7-18)10-17-21(19,20)14-8-12(9-16)4-5-13(14)15/h4-5,8,11,17H,2-3,6-7,10H2,1H3. The summed E-state index contributed by atoms with van der Waals surface area (Å²) in [7, 11) is -3.71. The van der Waals surface area contributed by atoms with Gasteiger partial charge in [-0.1, -0.05) is 11.6 Å². The molecule has 1 fully saturated rings. The SMILES string of the molecule is CC(CNS(=O)(=O)c1cc(C#N)ccc1Cl)N1CCCC1. The van der Waals surface area contributed by atoms with Crippen LogP contribution < -0.4 is 4.72 Å². The molecule has 21 heavy (non-hydrogen) atoms. The highest BCUT2D eigenvalue weighted by Gasteiger charge is 2.22. The van der Waals surface area contributed by atoms with E-state index in [1.165, 1.54) is 18.2 Å². The van der Waals surface area contributed by atoms with Crippen molar-refractivity contribution in [3.8, 4) is 6.07 Å². The third-order valence-electron chi connectivity index (χ3n) is 3.68. The highest BCUT2D eigenvalue weighted by atomic mass is 35.5. The zero-order valence-corrected chi connectivity index (χ0v) is 13.4. The summed E-state index contributed by atoms with van der Waals surface area (Å²) in [5.74, 6) is 0. The summed E-state index contributed by atoms with van der Waals surface area (Å²) >= 11 is 5.94. The number of benzene rings is 1. The average molecular weight is 328 g/mol. The van der Waals surface area contributed by atoms with Gasteiger partial charge in [-0.15, -0.1) is 0 Å². The summed E-state index contributed by atoms with van der Waals surface area (Å²) in [5, 5.41) is 8.99. The van der Waals surface area contributed by atoms with Crippen LogP contribution in [0.5, 0.6) is 0 Å². The average Bonchev–Trinajstić information content (AvgIpc) is 2.99. The number of sulfonamides is 1. The van der Waals surface area contributed by atoms with Gasteiger partial charge in [0.2, 0.25) is 10.0 Å². The summed E-state index contributed by atoms with van der Waals surface area (Å²) in [6.07, 6.45) is 2.32. The van der Waals surface area contributed by atoms with Gasteiger partial charge in [-0.05, 0) is 51.1 Å². The first-order chi connectivity index (χ1) is 9.94. The number of rotatable bonds is 5. The van der Waals surface area contributed by atoms with Crippen LogP contribution in [0.1, 0.15) is 25.3 Å². The predicted molar refractivity (Wildman–Crippen MR) is 81.6 cm³/mol. The van der Waals surface area contributed by atoms with Gasteiger partial charge in [0.25, 0.3) is 0 Å². The Morgan fingerprint density at radius 1 is 1.43 bits per heavy atom. The largest absolute Gasteiger partial charge is 0.299 e. The number of likely N-dealkylation sites (tertiary alicyclic amines) is 1. The fourth-order valence-corrected chi connectivity index (χ4v) is 4.04. The van der Waals surface area contributed by atoms with Gasteiger partial charge < -0.3 is 0 Å². The summed E-state index contributed by atoms with van der Waals surface area (Å²) in [4.78, 5) is 2.22. The molecular formula is C14H18ClN3O2S. The Bertz CT molecular complexity index is 649. The van der Waals surface area contributed by atoms with E-state index in [0.717, 1.165) is 25.9 Å².